The van der Waals surface area contributed by atoms with Gasteiger partial charge in [-0.2, -0.15) is 4.91 Å². The molecular formula is C18H25N3O. The highest BCUT2D eigenvalue weighted by Gasteiger charge is 2.25. The highest BCUT2D eigenvalue weighted by Crippen LogP contribution is 2.35. The van der Waals surface area contributed by atoms with Gasteiger partial charge in [0.25, 0.3) is 0 Å². The number of nitrogens with two attached hydrogens (primary N) is 1. The largest absolute Gasteiger partial charge is 0.387 e. The number of benzene rings is 1. The number of aliphatic imine (C=N–C) groups is 1. The Morgan fingerprint density at radius 1 is 1.32 bits per heavy atom. The van der Waals surface area contributed by atoms with E-state index in [-0.39, 0.29) is 18.5 Å². The van der Waals surface area contributed by atoms with E-state index < -0.39 is 0 Å². The topological polar surface area (TPSA) is 67.8 Å². The first-order chi connectivity index (χ1) is 10.4. The van der Waals surface area contributed by atoms with Crippen molar-refractivity contribution in [2.24, 2.45) is 15.9 Å². The molecule has 118 valence electrons. The van der Waals surface area contributed by atoms with Crippen LogP contribution in [-0.2, 0) is 13.0 Å². The van der Waals surface area contributed by atoms with E-state index in [1.54, 1.807) is 0 Å². The minimum Gasteiger partial charge on any atom is -0.387 e. The highest BCUT2D eigenvalue weighted by molar-refractivity contribution is 5.91. The van der Waals surface area contributed by atoms with Gasteiger partial charge in [0.2, 0.25) is 0 Å². The molecule has 1 unspecified atom stereocenters. The van der Waals surface area contributed by atoms with Gasteiger partial charge in [-0.05, 0) is 57.2 Å². The van der Waals surface area contributed by atoms with E-state index in [9.17, 15) is 4.91 Å². The zero-order chi connectivity index (χ0) is 16.3. The predicted molar refractivity (Wildman–Crippen MR) is 92.1 cm³/mol. The zero-order valence-corrected chi connectivity index (χ0v) is 13.9. The summed E-state index contributed by atoms with van der Waals surface area (Å²) in [5, 5.41) is 2.99. The second-order valence-corrected chi connectivity index (χ2v) is 6.36. The number of hydrogen-bond donors (Lipinski definition) is 1. The number of allylic oxidation sites excluding steroid dienone is 1. The maximum absolute atomic E-state index is 10.5. The van der Waals surface area contributed by atoms with E-state index in [1.165, 1.54) is 22.3 Å². The summed E-state index contributed by atoms with van der Waals surface area (Å²) in [6.45, 7) is 8.62. The fourth-order valence-electron chi connectivity index (χ4n) is 3.08. The molecule has 0 fully saturated rings. The third kappa shape index (κ3) is 3.43. The molecule has 0 aliphatic heterocycles. The van der Waals surface area contributed by atoms with E-state index in [4.69, 9.17) is 5.73 Å². The van der Waals surface area contributed by atoms with Gasteiger partial charge >= 0.3 is 0 Å². The molecule has 1 aliphatic carbocycles. The van der Waals surface area contributed by atoms with Crippen LogP contribution >= 0.6 is 0 Å². The van der Waals surface area contributed by atoms with Crippen LogP contribution in [-0.4, -0.2) is 11.9 Å². The molecule has 22 heavy (non-hydrogen) atoms. The summed E-state index contributed by atoms with van der Waals surface area (Å²) in [6.07, 6.45) is 1.99. The normalized spacial score (nSPS) is 19.1. The Balaban J connectivity index is 2.54. The number of nitrogens with zero attached hydrogens (tertiary/aromatic N) is 2. The Morgan fingerprint density at radius 3 is 2.68 bits per heavy atom. The van der Waals surface area contributed by atoms with Crippen molar-refractivity contribution in [2.45, 2.75) is 59.0 Å². The molecule has 0 radical (unpaired) electrons. The quantitative estimate of drug-likeness (QED) is 0.394. The summed E-state index contributed by atoms with van der Waals surface area (Å²) in [7, 11) is 0. The Kier molecular flexibility index (Phi) is 5.11. The van der Waals surface area contributed by atoms with Crippen LogP contribution in [0.25, 0.3) is 0 Å². The van der Waals surface area contributed by atoms with Crippen molar-refractivity contribution in [2.75, 3.05) is 0 Å². The average Bonchev–Trinajstić information content (AvgIpc) is 2.57. The van der Waals surface area contributed by atoms with Crippen LogP contribution in [0.15, 0.2) is 39.5 Å². The van der Waals surface area contributed by atoms with Crippen LogP contribution in [0, 0.1) is 4.91 Å². The molecule has 4 nitrogen and oxygen atoms in total. The number of rotatable bonds is 4. The lowest BCUT2D eigenvalue weighted by Gasteiger charge is -2.21. The Hall–Kier alpha value is -1.97. The number of hydrogen-bond acceptors (Lipinski definition) is 3. The van der Waals surface area contributed by atoms with E-state index >= 15 is 0 Å². The monoisotopic (exact) mass is 299 g/mol. The lowest BCUT2D eigenvalue weighted by Crippen LogP contribution is -2.25. The molecule has 0 amide bonds. The molecule has 1 aliphatic rings. The summed E-state index contributed by atoms with van der Waals surface area (Å²) in [4.78, 5) is 15.1. The molecule has 0 heterocycles. The molecule has 1 atom stereocenters. The van der Waals surface area contributed by atoms with Gasteiger partial charge in [-0.25, -0.2) is 0 Å². The van der Waals surface area contributed by atoms with Gasteiger partial charge in [0.05, 0.1) is 5.92 Å². The Bertz CT molecular complexity index is 629. The number of nitroso groups, excluding NO2 is 1. The van der Waals surface area contributed by atoms with Crippen molar-refractivity contribution in [3.63, 3.8) is 0 Å². The third-order valence-corrected chi connectivity index (χ3v) is 4.34. The first-order valence-electron chi connectivity index (χ1n) is 7.84. The van der Waals surface area contributed by atoms with E-state index in [0.29, 0.717) is 5.84 Å². The first kappa shape index (κ1) is 16.4. The standard InChI is InChI=1S/C18H25N3O/c1-11(2)21-18(19)17-13(4)12(3)5-7-15-9-14(10-20-22)6-8-16(15)17/h6,8-9,11,17H,5,7,10H2,1-4H3,(H2,19,21). The van der Waals surface area contributed by atoms with Gasteiger partial charge in [0, 0.05) is 6.04 Å². The van der Waals surface area contributed by atoms with Crippen molar-refractivity contribution < 1.29 is 0 Å². The lowest BCUT2D eigenvalue weighted by atomic mass is 9.87. The molecule has 2 rings (SSSR count). The summed E-state index contributed by atoms with van der Waals surface area (Å²) in [6, 6.07) is 6.34. The van der Waals surface area contributed by atoms with Gasteiger partial charge in [-0.3, -0.25) is 4.99 Å². The molecule has 0 spiro atoms. The van der Waals surface area contributed by atoms with Crippen molar-refractivity contribution in [1.29, 1.82) is 0 Å². The minimum atomic E-state index is 0.0399. The van der Waals surface area contributed by atoms with Crippen LogP contribution in [0.3, 0.4) is 0 Å². The fraction of sp³-hybridized carbons (Fsp3) is 0.500. The molecule has 0 saturated carbocycles. The second kappa shape index (κ2) is 6.86. The maximum atomic E-state index is 10.5. The fourth-order valence-corrected chi connectivity index (χ4v) is 3.08. The highest BCUT2D eigenvalue weighted by atomic mass is 16.3. The summed E-state index contributed by atoms with van der Waals surface area (Å²) in [5.41, 5.74) is 12.4. The molecule has 1 aromatic carbocycles. The Morgan fingerprint density at radius 2 is 2.05 bits per heavy atom. The number of aryl methyl sites for hydroxylation is 1. The SMILES string of the molecule is CC1=C(C)C(C(N)=NC(C)C)c2ccc(CN=O)cc2CC1. The van der Waals surface area contributed by atoms with Crippen LogP contribution < -0.4 is 5.73 Å². The molecule has 1 aromatic rings. The van der Waals surface area contributed by atoms with Crippen molar-refractivity contribution >= 4 is 5.84 Å². The van der Waals surface area contributed by atoms with E-state index in [0.717, 1.165) is 18.4 Å². The number of fused-ring (bicyclic) bond motifs is 1. The van der Waals surface area contributed by atoms with Crippen LogP contribution in [0.4, 0.5) is 0 Å². The van der Waals surface area contributed by atoms with E-state index in [2.05, 4.69) is 36.1 Å². The van der Waals surface area contributed by atoms with Gasteiger partial charge in [0.15, 0.2) is 0 Å². The molecule has 0 aromatic heterocycles. The van der Waals surface area contributed by atoms with Crippen LogP contribution in [0.2, 0.25) is 0 Å². The molecular weight excluding hydrogens is 274 g/mol. The average molecular weight is 299 g/mol. The van der Waals surface area contributed by atoms with Crippen molar-refractivity contribution in [3.8, 4) is 0 Å². The number of amidine groups is 1. The molecule has 0 saturated heterocycles. The lowest BCUT2D eigenvalue weighted by molar-refractivity contribution is 0.818. The van der Waals surface area contributed by atoms with Crippen LogP contribution in [0.1, 0.15) is 56.7 Å². The van der Waals surface area contributed by atoms with Gasteiger partial charge in [0.1, 0.15) is 12.4 Å². The van der Waals surface area contributed by atoms with Gasteiger partial charge < -0.3 is 5.73 Å². The van der Waals surface area contributed by atoms with Gasteiger partial charge in [-0.1, -0.05) is 34.5 Å². The van der Waals surface area contributed by atoms with Gasteiger partial charge in [-0.15, -0.1) is 0 Å². The Labute approximate surface area is 132 Å². The second-order valence-electron chi connectivity index (χ2n) is 6.36. The summed E-state index contributed by atoms with van der Waals surface area (Å²) >= 11 is 0. The van der Waals surface area contributed by atoms with Crippen molar-refractivity contribution in [1.82, 2.24) is 0 Å². The molecule has 0 bridgehead atoms. The van der Waals surface area contributed by atoms with E-state index in [1.807, 2.05) is 19.9 Å². The summed E-state index contributed by atoms with van der Waals surface area (Å²) < 4.78 is 0. The third-order valence-electron chi connectivity index (χ3n) is 4.34. The minimum absolute atomic E-state index is 0.0399. The first-order valence-corrected chi connectivity index (χ1v) is 7.84. The summed E-state index contributed by atoms with van der Waals surface area (Å²) in [5.74, 6) is 0.717. The molecule has 2 N–H and O–H groups in total. The van der Waals surface area contributed by atoms with Crippen molar-refractivity contribution in [3.05, 3.63) is 50.9 Å². The predicted octanol–water partition coefficient (Wildman–Crippen LogP) is 4.08. The molecule has 4 heteroatoms. The maximum Gasteiger partial charge on any atom is 0.106 e. The van der Waals surface area contributed by atoms with Crippen LogP contribution in [0.5, 0.6) is 0 Å². The smallest absolute Gasteiger partial charge is 0.106 e. The zero-order valence-electron chi connectivity index (χ0n) is 13.9.